The van der Waals surface area contributed by atoms with E-state index in [1.54, 1.807) is 12.1 Å². The van der Waals surface area contributed by atoms with E-state index in [1.807, 2.05) is 11.6 Å². The molecular weight excluding hydrogens is 528 g/mol. The number of rotatable bonds is 14. The summed E-state index contributed by atoms with van der Waals surface area (Å²) in [6.45, 7) is 5.19. The number of anilines is 1. The summed E-state index contributed by atoms with van der Waals surface area (Å²) in [7, 11) is -4.02. The molecule has 0 aliphatic carbocycles. The Kier molecular flexibility index (Phi) is 12.9. The summed E-state index contributed by atoms with van der Waals surface area (Å²) >= 11 is 4.20. The highest BCUT2D eigenvalue weighted by atomic mass is 32.2. The van der Waals surface area contributed by atoms with Crippen LogP contribution in [0.5, 0.6) is 0 Å². The fourth-order valence-electron chi connectivity index (χ4n) is 3.30. The van der Waals surface area contributed by atoms with E-state index in [1.165, 1.54) is 40.7 Å². The Hall–Kier alpha value is -3.25. The van der Waals surface area contributed by atoms with Crippen molar-refractivity contribution in [2.24, 2.45) is 0 Å². The summed E-state index contributed by atoms with van der Waals surface area (Å²) < 4.78 is 33.2. The van der Waals surface area contributed by atoms with Gasteiger partial charge in [-0.25, -0.2) is 27.5 Å². The molecule has 12 heteroatoms. The SMILES string of the molecule is CCCCCCN(S)C(=O)NCCCCOC(=O)c1ccc(NC(=O)NS(=O)(=O)c2ccc(C)cc2)cc1. The first kappa shape index (κ1) is 31.0. The van der Waals surface area contributed by atoms with Crippen molar-refractivity contribution in [3.05, 3.63) is 59.7 Å². The second kappa shape index (κ2) is 15.9. The summed E-state index contributed by atoms with van der Waals surface area (Å²) in [5.74, 6) is -0.527. The Morgan fingerprint density at radius 1 is 0.921 bits per heavy atom. The van der Waals surface area contributed by atoms with Gasteiger partial charge in [-0.2, -0.15) is 0 Å². The minimum absolute atomic E-state index is 0.0276. The van der Waals surface area contributed by atoms with Crippen molar-refractivity contribution in [3.63, 3.8) is 0 Å². The van der Waals surface area contributed by atoms with Crippen LogP contribution in [0.1, 0.15) is 61.4 Å². The summed E-state index contributed by atoms with van der Waals surface area (Å²) in [6, 6.07) is 10.8. The highest BCUT2D eigenvalue weighted by Crippen LogP contribution is 2.13. The third-order valence-electron chi connectivity index (χ3n) is 5.48. The third kappa shape index (κ3) is 11.0. The monoisotopic (exact) mass is 564 g/mol. The molecule has 4 amide bonds. The lowest BCUT2D eigenvalue weighted by Crippen LogP contribution is -2.35. The van der Waals surface area contributed by atoms with Crippen LogP contribution in [0.3, 0.4) is 0 Å². The molecule has 0 spiro atoms. The van der Waals surface area contributed by atoms with E-state index >= 15 is 0 Å². The smallest absolute Gasteiger partial charge is 0.338 e. The first-order valence-electron chi connectivity index (χ1n) is 12.5. The van der Waals surface area contributed by atoms with E-state index in [9.17, 15) is 22.8 Å². The van der Waals surface area contributed by atoms with E-state index in [4.69, 9.17) is 4.74 Å². The molecule has 0 atom stereocenters. The highest BCUT2D eigenvalue weighted by Gasteiger charge is 2.17. The number of carbonyl (C=O) groups excluding carboxylic acids is 3. The molecule has 2 aromatic carbocycles. The van der Waals surface area contributed by atoms with Crippen LogP contribution in [0, 0.1) is 6.92 Å². The van der Waals surface area contributed by atoms with Crippen molar-refractivity contribution < 1.29 is 27.5 Å². The molecular formula is C26H36N4O6S2. The predicted octanol–water partition coefficient (Wildman–Crippen LogP) is 4.88. The number of aryl methyl sites for hydroxylation is 1. The van der Waals surface area contributed by atoms with Gasteiger partial charge in [0.2, 0.25) is 0 Å². The van der Waals surface area contributed by atoms with Crippen molar-refractivity contribution in [1.82, 2.24) is 14.3 Å². The van der Waals surface area contributed by atoms with E-state index in [0.29, 0.717) is 31.6 Å². The Bertz CT molecular complexity index is 1160. The zero-order valence-corrected chi connectivity index (χ0v) is 23.4. The van der Waals surface area contributed by atoms with Gasteiger partial charge in [-0.05, 0) is 62.6 Å². The Labute approximate surface area is 230 Å². The summed E-state index contributed by atoms with van der Waals surface area (Å²) in [5.41, 5.74) is 1.48. The molecule has 10 nitrogen and oxygen atoms in total. The number of sulfonamides is 1. The lowest BCUT2D eigenvalue weighted by atomic mass is 10.2. The van der Waals surface area contributed by atoms with Crippen molar-refractivity contribution in [1.29, 1.82) is 0 Å². The first-order chi connectivity index (χ1) is 18.1. The molecule has 38 heavy (non-hydrogen) atoms. The van der Waals surface area contributed by atoms with Crippen LogP contribution in [-0.2, 0) is 14.8 Å². The number of unbranched alkanes of at least 4 members (excludes halogenated alkanes) is 4. The van der Waals surface area contributed by atoms with E-state index < -0.39 is 22.0 Å². The maximum atomic E-state index is 12.3. The van der Waals surface area contributed by atoms with Crippen molar-refractivity contribution >= 4 is 46.6 Å². The molecule has 0 aromatic heterocycles. The van der Waals surface area contributed by atoms with E-state index in [-0.39, 0.29) is 23.1 Å². The van der Waals surface area contributed by atoms with Gasteiger partial charge in [-0.3, -0.25) is 4.31 Å². The van der Waals surface area contributed by atoms with E-state index in [0.717, 1.165) is 31.2 Å². The zero-order chi connectivity index (χ0) is 28.0. The maximum absolute atomic E-state index is 12.3. The summed E-state index contributed by atoms with van der Waals surface area (Å²) in [5, 5.41) is 5.20. The quantitative estimate of drug-likeness (QED) is 0.147. The molecule has 2 rings (SSSR count). The minimum Gasteiger partial charge on any atom is -0.462 e. The number of benzene rings is 2. The predicted molar refractivity (Wildman–Crippen MR) is 150 cm³/mol. The standard InChI is InChI=1S/C26H36N4O6S2/c1-3-4-5-7-18-30(37)26(33)27-17-6-8-19-36-24(31)21-11-13-22(14-12-21)28-25(32)29-38(34,35)23-15-9-20(2)10-16-23/h9-16,37H,3-8,17-19H2,1-2H3,(H,27,33)(H2,28,29,32). The van der Waals surface area contributed by atoms with Crippen molar-refractivity contribution in [2.45, 2.75) is 57.3 Å². The average molecular weight is 565 g/mol. The lowest BCUT2D eigenvalue weighted by molar-refractivity contribution is 0.0498. The van der Waals surface area contributed by atoms with E-state index in [2.05, 4.69) is 30.4 Å². The number of esters is 1. The summed E-state index contributed by atoms with van der Waals surface area (Å²) in [4.78, 5) is 36.3. The molecule has 2 aromatic rings. The second-order valence-electron chi connectivity index (χ2n) is 8.71. The Morgan fingerprint density at radius 3 is 2.26 bits per heavy atom. The number of hydrogen-bond acceptors (Lipinski definition) is 7. The Morgan fingerprint density at radius 2 is 1.61 bits per heavy atom. The number of nitrogens with zero attached hydrogens (tertiary/aromatic N) is 1. The Balaban J connectivity index is 1.67. The summed E-state index contributed by atoms with van der Waals surface area (Å²) in [6.07, 6.45) is 5.47. The van der Waals surface area contributed by atoms with Gasteiger partial charge in [0, 0.05) is 18.8 Å². The van der Waals surface area contributed by atoms with Crippen LogP contribution >= 0.6 is 12.8 Å². The number of carbonyl (C=O) groups is 3. The number of nitrogens with one attached hydrogen (secondary N) is 3. The molecule has 0 aliphatic rings. The molecule has 0 fully saturated rings. The fourth-order valence-corrected chi connectivity index (χ4v) is 4.42. The average Bonchev–Trinajstić information content (AvgIpc) is 2.88. The van der Waals surface area contributed by atoms with Crippen molar-refractivity contribution in [2.75, 3.05) is 25.0 Å². The molecule has 0 unspecified atom stereocenters. The maximum Gasteiger partial charge on any atom is 0.338 e. The third-order valence-corrected chi connectivity index (χ3v) is 7.20. The molecule has 208 valence electrons. The number of urea groups is 2. The van der Waals surface area contributed by atoms with Crippen LogP contribution in [0.25, 0.3) is 0 Å². The van der Waals surface area contributed by atoms with Crippen molar-refractivity contribution in [3.8, 4) is 0 Å². The topological polar surface area (TPSA) is 134 Å². The fraction of sp³-hybridized carbons (Fsp3) is 0.423. The van der Waals surface area contributed by atoms with Crippen LogP contribution in [0.2, 0.25) is 0 Å². The molecule has 0 radical (unpaired) electrons. The molecule has 0 bridgehead atoms. The van der Waals surface area contributed by atoms with Crippen LogP contribution in [-0.4, -0.2) is 50.5 Å². The number of thiol groups is 1. The van der Waals surface area contributed by atoms with Gasteiger partial charge in [0.1, 0.15) is 0 Å². The van der Waals surface area contributed by atoms with Gasteiger partial charge >= 0.3 is 18.0 Å². The minimum atomic E-state index is -4.02. The molecule has 0 saturated carbocycles. The van der Waals surface area contributed by atoms with Crippen LogP contribution < -0.4 is 15.4 Å². The van der Waals surface area contributed by atoms with Gasteiger partial charge < -0.3 is 15.4 Å². The van der Waals surface area contributed by atoms with Gasteiger partial charge in [0.15, 0.2) is 0 Å². The number of amides is 4. The second-order valence-corrected chi connectivity index (χ2v) is 10.9. The molecule has 3 N–H and O–H groups in total. The number of hydrogen-bond donors (Lipinski definition) is 4. The normalized spacial score (nSPS) is 10.9. The largest absolute Gasteiger partial charge is 0.462 e. The highest BCUT2D eigenvalue weighted by molar-refractivity contribution is 7.90. The van der Waals surface area contributed by atoms with Gasteiger partial charge in [0.05, 0.1) is 17.1 Å². The lowest BCUT2D eigenvalue weighted by Gasteiger charge is -2.16. The molecule has 0 saturated heterocycles. The van der Waals surface area contributed by atoms with Gasteiger partial charge in [0.25, 0.3) is 10.0 Å². The number of ether oxygens (including phenoxy) is 1. The zero-order valence-electron chi connectivity index (χ0n) is 21.7. The van der Waals surface area contributed by atoms with Gasteiger partial charge in [-0.1, -0.05) is 56.7 Å². The first-order valence-corrected chi connectivity index (χ1v) is 14.4. The van der Waals surface area contributed by atoms with Crippen LogP contribution in [0.4, 0.5) is 15.3 Å². The van der Waals surface area contributed by atoms with Crippen LogP contribution in [0.15, 0.2) is 53.4 Å². The van der Waals surface area contributed by atoms with Gasteiger partial charge in [-0.15, -0.1) is 0 Å². The molecule has 0 aliphatic heterocycles. The molecule has 0 heterocycles.